The summed E-state index contributed by atoms with van der Waals surface area (Å²) in [5.41, 5.74) is 6.78. The third-order valence-electron chi connectivity index (χ3n) is 2.81. The molecule has 21 heavy (non-hydrogen) atoms. The van der Waals surface area contributed by atoms with Crippen molar-refractivity contribution in [3.05, 3.63) is 48.3 Å². The highest BCUT2D eigenvalue weighted by Gasteiger charge is 2.08. The lowest BCUT2D eigenvalue weighted by molar-refractivity contribution is -0.123. The molecule has 0 saturated heterocycles. The number of nitrogens with one attached hydrogen (secondary N) is 2. The van der Waals surface area contributed by atoms with E-state index < -0.39 is 0 Å². The third-order valence-corrected chi connectivity index (χ3v) is 2.81. The second kappa shape index (κ2) is 7.20. The quantitative estimate of drug-likeness (QED) is 0.693. The maximum absolute atomic E-state index is 11.8. The Kier molecular flexibility index (Phi) is 5.05. The van der Waals surface area contributed by atoms with Crippen LogP contribution in [0, 0.1) is 0 Å². The van der Waals surface area contributed by atoms with Gasteiger partial charge in [-0.3, -0.25) is 14.3 Å². The van der Waals surface area contributed by atoms with Gasteiger partial charge in [0.1, 0.15) is 0 Å². The molecule has 0 spiro atoms. The first-order valence-electron chi connectivity index (χ1n) is 6.51. The fourth-order valence-electron chi connectivity index (χ4n) is 1.79. The molecule has 0 atom stereocenters. The number of nitrogens with two attached hydrogens (primary N) is 1. The molecular weight excluding hydrogens is 270 g/mol. The molecule has 2 amide bonds. The predicted octanol–water partition coefficient (Wildman–Crippen LogP) is -0.0552. The topological polar surface area (TPSA) is 102 Å². The van der Waals surface area contributed by atoms with Gasteiger partial charge in [0.05, 0.1) is 19.6 Å². The SMILES string of the molecule is NCC(=O)NCC(=O)Nc1ccccc1Cn1cccn1. The van der Waals surface area contributed by atoms with E-state index >= 15 is 0 Å². The largest absolute Gasteiger partial charge is 0.346 e. The Morgan fingerprint density at radius 2 is 2.00 bits per heavy atom. The molecule has 110 valence electrons. The summed E-state index contributed by atoms with van der Waals surface area (Å²) in [6.45, 7) is 0.313. The van der Waals surface area contributed by atoms with Gasteiger partial charge in [-0.05, 0) is 17.7 Å². The number of nitrogens with zero attached hydrogens (tertiary/aromatic N) is 2. The second-order valence-electron chi connectivity index (χ2n) is 4.39. The van der Waals surface area contributed by atoms with E-state index in [0.717, 1.165) is 5.56 Å². The number of rotatable bonds is 6. The summed E-state index contributed by atoms with van der Waals surface area (Å²) in [6.07, 6.45) is 3.55. The molecular formula is C14H17N5O2. The van der Waals surface area contributed by atoms with Crippen molar-refractivity contribution in [1.29, 1.82) is 0 Å². The Morgan fingerprint density at radius 3 is 2.71 bits per heavy atom. The van der Waals surface area contributed by atoms with E-state index in [1.54, 1.807) is 10.9 Å². The summed E-state index contributed by atoms with van der Waals surface area (Å²) >= 11 is 0. The van der Waals surface area contributed by atoms with Crippen molar-refractivity contribution in [3.8, 4) is 0 Å². The highest BCUT2D eigenvalue weighted by molar-refractivity contribution is 5.95. The molecule has 1 aromatic carbocycles. The van der Waals surface area contributed by atoms with Gasteiger partial charge >= 0.3 is 0 Å². The van der Waals surface area contributed by atoms with Gasteiger partial charge in [-0.1, -0.05) is 18.2 Å². The van der Waals surface area contributed by atoms with Crippen LogP contribution in [0.25, 0.3) is 0 Å². The molecule has 7 nitrogen and oxygen atoms in total. The summed E-state index contributed by atoms with van der Waals surface area (Å²) in [4.78, 5) is 22.8. The highest BCUT2D eigenvalue weighted by Crippen LogP contribution is 2.15. The minimum Gasteiger partial charge on any atom is -0.346 e. The molecule has 4 N–H and O–H groups in total. The van der Waals surface area contributed by atoms with Crippen LogP contribution in [-0.2, 0) is 16.1 Å². The fourth-order valence-corrected chi connectivity index (χ4v) is 1.79. The fraction of sp³-hybridized carbons (Fsp3) is 0.214. The van der Waals surface area contributed by atoms with Crippen LogP contribution in [0.15, 0.2) is 42.7 Å². The van der Waals surface area contributed by atoms with E-state index in [2.05, 4.69) is 15.7 Å². The summed E-state index contributed by atoms with van der Waals surface area (Å²) < 4.78 is 1.77. The van der Waals surface area contributed by atoms with E-state index in [9.17, 15) is 9.59 Å². The number of hydrogen-bond acceptors (Lipinski definition) is 4. The van der Waals surface area contributed by atoms with Crippen molar-refractivity contribution in [2.75, 3.05) is 18.4 Å². The molecule has 7 heteroatoms. The number of hydrogen-bond donors (Lipinski definition) is 3. The highest BCUT2D eigenvalue weighted by atomic mass is 16.2. The maximum atomic E-state index is 11.8. The number of para-hydroxylation sites is 1. The molecule has 0 fully saturated rings. The molecule has 0 aliphatic heterocycles. The van der Waals surface area contributed by atoms with Crippen LogP contribution in [-0.4, -0.2) is 34.7 Å². The van der Waals surface area contributed by atoms with E-state index in [4.69, 9.17) is 5.73 Å². The van der Waals surface area contributed by atoms with Crippen molar-refractivity contribution in [2.45, 2.75) is 6.54 Å². The Hall–Kier alpha value is -2.67. The summed E-state index contributed by atoms with van der Waals surface area (Å²) in [5, 5.41) is 9.33. The van der Waals surface area contributed by atoms with Crippen molar-refractivity contribution in [3.63, 3.8) is 0 Å². The molecule has 1 aromatic heterocycles. The van der Waals surface area contributed by atoms with E-state index in [1.807, 2.05) is 36.5 Å². The monoisotopic (exact) mass is 287 g/mol. The Labute approximate surface area is 122 Å². The number of benzene rings is 1. The van der Waals surface area contributed by atoms with Crippen LogP contribution in [0.4, 0.5) is 5.69 Å². The lowest BCUT2D eigenvalue weighted by Gasteiger charge is -2.11. The minimum atomic E-state index is -0.366. The summed E-state index contributed by atoms with van der Waals surface area (Å²) in [5.74, 6) is -0.667. The summed E-state index contributed by atoms with van der Waals surface area (Å²) in [6, 6.07) is 9.28. The first kappa shape index (κ1) is 14.7. The number of anilines is 1. The lowest BCUT2D eigenvalue weighted by Crippen LogP contribution is -2.36. The number of amides is 2. The molecule has 2 rings (SSSR count). The first-order valence-corrected chi connectivity index (χ1v) is 6.51. The number of aromatic nitrogens is 2. The molecule has 2 aromatic rings. The number of carbonyl (C=O) groups excluding carboxylic acids is 2. The van der Waals surface area contributed by atoms with Gasteiger partial charge in [0.25, 0.3) is 0 Å². The normalized spacial score (nSPS) is 10.1. The van der Waals surface area contributed by atoms with Crippen LogP contribution in [0.3, 0.4) is 0 Å². The average molecular weight is 287 g/mol. The van der Waals surface area contributed by atoms with E-state index in [1.165, 1.54) is 0 Å². The van der Waals surface area contributed by atoms with Crippen molar-refractivity contribution in [1.82, 2.24) is 15.1 Å². The summed E-state index contributed by atoms with van der Waals surface area (Å²) in [7, 11) is 0. The Morgan fingerprint density at radius 1 is 1.19 bits per heavy atom. The van der Waals surface area contributed by atoms with Gasteiger partial charge in [-0.15, -0.1) is 0 Å². The van der Waals surface area contributed by atoms with Gasteiger partial charge in [-0.25, -0.2) is 0 Å². The Balaban J connectivity index is 1.99. The molecule has 0 radical (unpaired) electrons. The van der Waals surface area contributed by atoms with Gasteiger partial charge in [-0.2, -0.15) is 5.10 Å². The molecule has 0 unspecified atom stereocenters. The molecule has 1 heterocycles. The van der Waals surface area contributed by atoms with Crippen molar-refractivity contribution < 1.29 is 9.59 Å². The zero-order chi connectivity index (χ0) is 15.1. The van der Waals surface area contributed by atoms with Crippen LogP contribution >= 0.6 is 0 Å². The van der Waals surface area contributed by atoms with Crippen LogP contribution in [0.2, 0.25) is 0 Å². The van der Waals surface area contributed by atoms with Gasteiger partial charge < -0.3 is 16.4 Å². The predicted molar refractivity (Wildman–Crippen MR) is 78.5 cm³/mol. The van der Waals surface area contributed by atoms with Crippen molar-refractivity contribution >= 4 is 17.5 Å². The zero-order valence-corrected chi connectivity index (χ0v) is 11.5. The van der Waals surface area contributed by atoms with Crippen LogP contribution in [0.5, 0.6) is 0 Å². The average Bonchev–Trinajstić information content (AvgIpc) is 3.00. The molecule has 0 aliphatic rings. The van der Waals surface area contributed by atoms with Crippen molar-refractivity contribution in [2.24, 2.45) is 5.73 Å². The first-order chi connectivity index (χ1) is 10.2. The molecule has 0 bridgehead atoms. The maximum Gasteiger partial charge on any atom is 0.243 e. The van der Waals surface area contributed by atoms with E-state index in [-0.39, 0.29) is 24.9 Å². The van der Waals surface area contributed by atoms with E-state index in [0.29, 0.717) is 12.2 Å². The van der Waals surface area contributed by atoms with Gasteiger partial charge in [0.15, 0.2) is 0 Å². The standard InChI is InChI=1S/C14H17N5O2/c15-8-13(20)16-9-14(21)18-12-5-2-1-4-11(12)10-19-7-3-6-17-19/h1-7H,8-10,15H2,(H,16,20)(H,18,21). The van der Waals surface area contributed by atoms with Gasteiger partial charge in [0, 0.05) is 18.1 Å². The van der Waals surface area contributed by atoms with Crippen LogP contribution < -0.4 is 16.4 Å². The zero-order valence-electron chi connectivity index (χ0n) is 11.5. The molecule has 0 saturated carbocycles. The number of carbonyl (C=O) groups is 2. The minimum absolute atomic E-state index is 0.105. The van der Waals surface area contributed by atoms with Gasteiger partial charge in [0.2, 0.25) is 11.8 Å². The Bertz CT molecular complexity index is 610. The lowest BCUT2D eigenvalue weighted by atomic mass is 10.1. The third kappa shape index (κ3) is 4.43. The second-order valence-corrected chi connectivity index (χ2v) is 4.39. The van der Waals surface area contributed by atoms with Crippen LogP contribution in [0.1, 0.15) is 5.56 Å². The molecule has 0 aliphatic carbocycles. The smallest absolute Gasteiger partial charge is 0.243 e.